The van der Waals surface area contributed by atoms with E-state index in [9.17, 15) is 4.79 Å². The van der Waals surface area contributed by atoms with E-state index < -0.39 is 0 Å². The first kappa shape index (κ1) is 15.3. The van der Waals surface area contributed by atoms with Crippen molar-refractivity contribution < 1.29 is 14.1 Å². The van der Waals surface area contributed by atoms with Gasteiger partial charge < -0.3 is 19.5 Å². The molecule has 7 nitrogen and oxygen atoms in total. The van der Waals surface area contributed by atoms with Crippen LogP contribution < -0.4 is 15.0 Å². The van der Waals surface area contributed by atoms with E-state index in [0.29, 0.717) is 24.9 Å². The van der Waals surface area contributed by atoms with Crippen LogP contribution in [0.4, 0.5) is 5.95 Å². The zero-order chi connectivity index (χ0) is 16.2. The highest BCUT2D eigenvalue weighted by Crippen LogP contribution is 2.35. The molecule has 2 heterocycles. The van der Waals surface area contributed by atoms with Gasteiger partial charge in [-0.15, -0.1) is 0 Å². The summed E-state index contributed by atoms with van der Waals surface area (Å²) in [5, 5.41) is 6.65. The minimum absolute atomic E-state index is 0.0312. The van der Waals surface area contributed by atoms with Gasteiger partial charge in [0, 0.05) is 20.5 Å². The minimum Gasteiger partial charge on any atom is -0.493 e. The van der Waals surface area contributed by atoms with Crippen LogP contribution >= 0.6 is 0 Å². The molecule has 0 saturated heterocycles. The predicted octanol–water partition coefficient (Wildman–Crippen LogP) is 1.71. The minimum atomic E-state index is -0.0312. The van der Waals surface area contributed by atoms with E-state index in [0.717, 1.165) is 17.7 Å². The molecule has 1 amide bonds. The summed E-state index contributed by atoms with van der Waals surface area (Å²) in [4.78, 5) is 18.1. The molecule has 23 heavy (non-hydrogen) atoms. The summed E-state index contributed by atoms with van der Waals surface area (Å²) in [6.45, 7) is 0.884. The lowest BCUT2D eigenvalue weighted by atomic mass is 9.90. The average Bonchev–Trinajstić information content (AvgIpc) is 3.03. The van der Waals surface area contributed by atoms with Crippen molar-refractivity contribution in [2.45, 2.75) is 25.3 Å². The number of nitrogens with zero attached hydrogens (tertiary/aromatic N) is 3. The van der Waals surface area contributed by atoms with Gasteiger partial charge in [0.05, 0.1) is 13.2 Å². The largest absolute Gasteiger partial charge is 0.493 e. The topological polar surface area (TPSA) is 80.5 Å². The van der Waals surface area contributed by atoms with Gasteiger partial charge in [-0.25, -0.2) is 0 Å². The molecule has 1 aliphatic heterocycles. The number of fused-ring (bicyclic) bond motifs is 1. The van der Waals surface area contributed by atoms with E-state index in [4.69, 9.17) is 9.26 Å². The van der Waals surface area contributed by atoms with Crippen molar-refractivity contribution in [3.63, 3.8) is 0 Å². The lowest BCUT2D eigenvalue weighted by Gasteiger charge is -2.25. The molecule has 1 aromatic heterocycles. The Kier molecular flexibility index (Phi) is 4.45. The predicted molar refractivity (Wildman–Crippen MR) is 84.4 cm³/mol. The van der Waals surface area contributed by atoms with Crippen LogP contribution in [0.5, 0.6) is 5.75 Å². The highest BCUT2D eigenvalue weighted by molar-refractivity contribution is 5.77. The Labute approximate surface area is 134 Å². The molecular weight excluding hydrogens is 296 g/mol. The fourth-order valence-electron chi connectivity index (χ4n) is 2.60. The molecule has 2 aromatic rings. The Morgan fingerprint density at radius 1 is 1.39 bits per heavy atom. The van der Waals surface area contributed by atoms with Crippen LogP contribution in [0.15, 0.2) is 28.8 Å². The smallest absolute Gasteiger partial charge is 0.265 e. The van der Waals surface area contributed by atoms with Crippen molar-refractivity contribution in [1.29, 1.82) is 0 Å². The van der Waals surface area contributed by atoms with Gasteiger partial charge >= 0.3 is 0 Å². The summed E-state index contributed by atoms with van der Waals surface area (Å²) in [7, 11) is 3.66. The number of ether oxygens (including phenoxy) is 1. The van der Waals surface area contributed by atoms with E-state index in [2.05, 4.69) is 15.5 Å². The summed E-state index contributed by atoms with van der Waals surface area (Å²) in [5.41, 5.74) is 1.10. The number of amides is 1. The number of anilines is 1. The highest BCUT2D eigenvalue weighted by atomic mass is 16.5. The fraction of sp³-hybridized carbons (Fsp3) is 0.438. The molecule has 0 saturated carbocycles. The van der Waals surface area contributed by atoms with Gasteiger partial charge in [0.15, 0.2) is 0 Å². The van der Waals surface area contributed by atoms with Crippen molar-refractivity contribution in [3.8, 4) is 5.75 Å². The lowest BCUT2D eigenvalue weighted by Crippen LogP contribution is -2.26. The van der Waals surface area contributed by atoms with Crippen LogP contribution in [0.3, 0.4) is 0 Å². The van der Waals surface area contributed by atoms with Gasteiger partial charge in [0.25, 0.3) is 5.95 Å². The van der Waals surface area contributed by atoms with Crippen LogP contribution in [0, 0.1) is 0 Å². The Hall–Kier alpha value is -2.57. The maximum absolute atomic E-state index is 12.2. The van der Waals surface area contributed by atoms with E-state index in [1.807, 2.05) is 38.4 Å². The van der Waals surface area contributed by atoms with Crippen molar-refractivity contribution in [2.24, 2.45) is 0 Å². The first-order chi connectivity index (χ1) is 11.1. The van der Waals surface area contributed by atoms with Gasteiger partial charge in [-0.3, -0.25) is 4.79 Å². The molecule has 7 heteroatoms. The third kappa shape index (κ3) is 3.61. The van der Waals surface area contributed by atoms with E-state index in [1.165, 1.54) is 0 Å². The van der Waals surface area contributed by atoms with Gasteiger partial charge in [0.1, 0.15) is 5.75 Å². The molecule has 3 rings (SSSR count). The van der Waals surface area contributed by atoms with Crippen LogP contribution in [-0.4, -0.2) is 36.8 Å². The summed E-state index contributed by atoms with van der Waals surface area (Å²) in [6.07, 6.45) is 1.27. The number of nitrogens with one attached hydrogen (secondary N) is 1. The highest BCUT2D eigenvalue weighted by Gasteiger charge is 2.23. The number of carbonyl (C=O) groups is 1. The second-order valence-corrected chi connectivity index (χ2v) is 5.74. The number of hydrogen-bond acceptors (Lipinski definition) is 6. The van der Waals surface area contributed by atoms with Crippen LogP contribution in [0.1, 0.15) is 30.2 Å². The summed E-state index contributed by atoms with van der Waals surface area (Å²) in [5.74, 6) is 1.92. The number of aromatic nitrogens is 2. The number of rotatable bonds is 5. The number of carbonyl (C=O) groups excluding carboxylic acids is 1. The maximum Gasteiger partial charge on any atom is 0.265 e. The van der Waals surface area contributed by atoms with Crippen LogP contribution in [0.2, 0.25) is 0 Å². The monoisotopic (exact) mass is 316 g/mol. The molecule has 0 radical (unpaired) electrons. The zero-order valence-corrected chi connectivity index (χ0v) is 13.3. The Balaban J connectivity index is 1.55. The molecule has 122 valence electrons. The lowest BCUT2D eigenvalue weighted by molar-refractivity contribution is -0.121. The van der Waals surface area contributed by atoms with Gasteiger partial charge in [-0.05, 0) is 29.1 Å². The van der Waals surface area contributed by atoms with E-state index in [-0.39, 0.29) is 18.4 Å². The molecule has 1 aliphatic rings. The van der Waals surface area contributed by atoms with E-state index in [1.54, 1.807) is 4.90 Å². The third-order valence-electron chi connectivity index (χ3n) is 3.81. The molecular formula is C16H20N4O3. The molecule has 1 N–H and O–H groups in total. The van der Waals surface area contributed by atoms with Crippen LogP contribution in [0.25, 0.3) is 0 Å². The second-order valence-electron chi connectivity index (χ2n) is 5.74. The zero-order valence-electron chi connectivity index (χ0n) is 13.3. The van der Waals surface area contributed by atoms with E-state index >= 15 is 0 Å². The number of benzene rings is 1. The molecule has 1 atom stereocenters. The quantitative estimate of drug-likeness (QED) is 0.904. The van der Waals surface area contributed by atoms with Crippen molar-refractivity contribution >= 4 is 11.9 Å². The summed E-state index contributed by atoms with van der Waals surface area (Å²) >= 11 is 0. The van der Waals surface area contributed by atoms with Gasteiger partial charge in [0.2, 0.25) is 11.8 Å². The molecule has 0 fully saturated rings. The SMILES string of the molecule is CN(C)c1noc(CNC(=O)C[C@H]2CCOc3ccccc32)n1. The number of hydrogen-bond donors (Lipinski definition) is 1. The fourth-order valence-corrected chi connectivity index (χ4v) is 2.60. The molecule has 1 aromatic carbocycles. The average molecular weight is 316 g/mol. The third-order valence-corrected chi connectivity index (χ3v) is 3.81. The van der Waals surface area contributed by atoms with Crippen LogP contribution in [-0.2, 0) is 11.3 Å². The van der Waals surface area contributed by atoms with Gasteiger partial charge in [-0.1, -0.05) is 18.2 Å². The van der Waals surface area contributed by atoms with Crippen molar-refractivity contribution in [3.05, 3.63) is 35.7 Å². The number of para-hydroxylation sites is 1. The molecule has 0 spiro atoms. The normalized spacial score (nSPS) is 16.3. The second kappa shape index (κ2) is 6.68. The summed E-state index contributed by atoms with van der Waals surface area (Å²) in [6, 6.07) is 7.88. The Morgan fingerprint density at radius 3 is 3.00 bits per heavy atom. The first-order valence-electron chi connectivity index (χ1n) is 7.62. The molecule has 0 unspecified atom stereocenters. The summed E-state index contributed by atoms with van der Waals surface area (Å²) < 4.78 is 10.7. The standard InChI is InChI=1S/C16H20N4O3/c1-20(2)16-18-15(23-19-16)10-17-14(21)9-11-7-8-22-13-6-4-3-5-12(11)13/h3-6,11H,7-10H2,1-2H3,(H,17,21)/t11-/m1/s1. The van der Waals surface area contributed by atoms with Gasteiger partial charge in [-0.2, -0.15) is 4.98 Å². The molecule has 0 aliphatic carbocycles. The molecule has 0 bridgehead atoms. The van der Waals surface area contributed by atoms with Crippen molar-refractivity contribution in [2.75, 3.05) is 25.6 Å². The van der Waals surface area contributed by atoms with Crippen molar-refractivity contribution in [1.82, 2.24) is 15.5 Å². The Bertz CT molecular complexity index is 683. The first-order valence-corrected chi connectivity index (χ1v) is 7.62. The maximum atomic E-state index is 12.2. The Morgan fingerprint density at radius 2 is 2.22 bits per heavy atom.